The summed E-state index contributed by atoms with van der Waals surface area (Å²) < 4.78 is 31.5. The Morgan fingerprint density at radius 3 is 1.50 bits per heavy atom. The zero-order valence-corrected chi connectivity index (χ0v) is 25.8. The third kappa shape index (κ3) is 15.7. The number of amides is 2. The molecule has 0 aromatic heterocycles. The quantitative estimate of drug-likeness (QED) is 0.140. The van der Waals surface area contributed by atoms with E-state index in [2.05, 4.69) is 12.2 Å². The SMILES string of the molecule is CCCCCCCCCCCCCCCCCCOS(=O)(=O)NC(=O)Nc1c(C(C)C)cccc1C(C)C. The van der Waals surface area contributed by atoms with Crippen molar-refractivity contribution in [3.63, 3.8) is 0 Å². The van der Waals surface area contributed by atoms with E-state index in [4.69, 9.17) is 4.18 Å². The molecule has 0 atom stereocenters. The van der Waals surface area contributed by atoms with Gasteiger partial charge in [0.1, 0.15) is 0 Å². The van der Waals surface area contributed by atoms with Gasteiger partial charge in [-0.25, -0.2) is 9.52 Å². The third-order valence-corrected chi connectivity index (χ3v) is 7.98. The van der Waals surface area contributed by atoms with Crippen LogP contribution in [0.3, 0.4) is 0 Å². The first-order chi connectivity index (χ1) is 18.2. The minimum absolute atomic E-state index is 0.0842. The predicted molar refractivity (Wildman–Crippen MR) is 161 cm³/mol. The molecule has 0 spiro atoms. The first kappa shape index (κ1) is 34.4. The molecule has 0 aliphatic carbocycles. The van der Waals surface area contributed by atoms with Crippen LogP contribution < -0.4 is 10.0 Å². The number of para-hydroxylation sites is 1. The van der Waals surface area contributed by atoms with Crippen LogP contribution in [0, 0.1) is 0 Å². The highest BCUT2D eigenvalue weighted by molar-refractivity contribution is 7.85. The molecule has 1 aromatic rings. The van der Waals surface area contributed by atoms with E-state index in [-0.39, 0.29) is 18.4 Å². The average molecular weight is 553 g/mol. The Labute approximate surface area is 234 Å². The van der Waals surface area contributed by atoms with E-state index in [1.54, 1.807) is 0 Å². The predicted octanol–water partition coefficient (Wildman–Crippen LogP) is 9.58. The van der Waals surface area contributed by atoms with Crippen LogP contribution in [0.5, 0.6) is 0 Å². The molecule has 0 saturated carbocycles. The summed E-state index contributed by atoms with van der Waals surface area (Å²) in [6.45, 7) is 10.5. The number of carbonyl (C=O) groups excluding carboxylic acids is 1. The maximum atomic E-state index is 12.5. The van der Waals surface area contributed by atoms with Crippen molar-refractivity contribution in [1.82, 2.24) is 4.72 Å². The number of anilines is 1. The van der Waals surface area contributed by atoms with Crippen molar-refractivity contribution >= 4 is 22.0 Å². The monoisotopic (exact) mass is 552 g/mol. The second-order valence-electron chi connectivity index (χ2n) is 11.3. The fourth-order valence-corrected chi connectivity index (χ4v) is 5.47. The van der Waals surface area contributed by atoms with Crippen molar-refractivity contribution in [1.29, 1.82) is 0 Å². The summed E-state index contributed by atoms with van der Waals surface area (Å²) in [4.78, 5) is 12.5. The molecule has 0 saturated heterocycles. The molecule has 0 aliphatic heterocycles. The molecule has 1 rings (SSSR count). The number of unbranched alkanes of at least 4 members (excludes halogenated alkanes) is 15. The first-order valence-electron chi connectivity index (χ1n) is 15.3. The molecule has 1 aromatic carbocycles. The summed E-state index contributed by atoms with van der Waals surface area (Å²) in [5.74, 6) is 0.374. The number of nitrogens with one attached hydrogen (secondary N) is 2. The van der Waals surface area contributed by atoms with Crippen LogP contribution in [0.4, 0.5) is 10.5 Å². The molecule has 2 N–H and O–H groups in total. The van der Waals surface area contributed by atoms with Gasteiger partial charge < -0.3 is 5.32 Å². The Bertz CT molecular complexity index is 842. The van der Waals surface area contributed by atoms with Gasteiger partial charge in [0.15, 0.2) is 0 Å². The van der Waals surface area contributed by atoms with Gasteiger partial charge in [0.25, 0.3) is 0 Å². The van der Waals surface area contributed by atoms with Gasteiger partial charge in [0.2, 0.25) is 0 Å². The van der Waals surface area contributed by atoms with Gasteiger partial charge in [0, 0.05) is 5.69 Å². The summed E-state index contributed by atoms with van der Waals surface area (Å²) in [7, 11) is -4.15. The largest absolute Gasteiger partial charge is 0.363 e. The Morgan fingerprint density at radius 2 is 1.11 bits per heavy atom. The Hall–Kier alpha value is -1.60. The average Bonchev–Trinajstić information content (AvgIpc) is 2.85. The second-order valence-corrected chi connectivity index (χ2v) is 12.6. The van der Waals surface area contributed by atoms with Crippen LogP contribution in [0.1, 0.15) is 160 Å². The van der Waals surface area contributed by atoms with Crippen LogP contribution in [-0.2, 0) is 14.5 Å². The van der Waals surface area contributed by atoms with Gasteiger partial charge in [-0.15, -0.1) is 0 Å². The highest BCUT2D eigenvalue weighted by atomic mass is 32.2. The van der Waals surface area contributed by atoms with Gasteiger partial charge in [-0.3, -0.25) is 4.18 Å². The van der Waals surface area contributed by atoms with Crippen molar-refractivity contribution in [2.24, 2.45) is 0 Å². The molecular formula is C31H56N2O4S. The molecule has 38 heavy (non-hydrogen) atoms. The molecule has 7 heteroatoms. The Morgan fingerprint density at radius 1 is 0.711 bits per heavy atom. The standard InChI is InChI=1S/C31H56N2O4S/c1-6-7-8-9-10-11-12-13-14-15-16-17-18-19-20-21-25-37-38(35,36)33-31(34)32-30-28(26(2)3)23-22-24-29(30)27(4)5/h22-24,26-27H,6-21,25H2,1-5H3,(H2,32,33,34). The Balaban J connectivity index is 2.15. The number of carbonyl (C=O) groups is 1. The highest BCUT2D eigenvalue weighted by Gasteiger charge is 2.19. The van der Waals surface area contributed by atoms with Crippen LogP contribution in [0.25, 0.3) is 0 Å². The topological polar surface area (TPSA) is 84.5 Å². The van der Waals surface area contributed by atoms with E-state index in [1.807, 2.05) is 50.6 Å². The van der Waals surface area contributed by atoms with Crippen molar-refractivity contribution in [3.05, 3.63) is 29.3 Å². The van der Waals surface area contributed by atoms with Gasteiger partial charge in [-0.05, 0) is 29.4 Å². The summed E-state index contributed by atoms with van der Waals surface area (Å²) in [5.41, 5.74) is 2.61. The lowest BCUT2D eigenvalue weighted by molar-refractivity contribution is 0.252. The van der Waals surface area contributed by atoms with Crippen LogP contribution in [0.15, 0.2) is 18.2 Å². The van der Waals surface area contributed by atoms with Crippen molar-refractivity contribution < 1.29 is 17.4 Å². The van der Waals surface area contributed by atoms with Crippen LogP contribution in [0.2, 0.25) is 0 Å². The highest BCUT2D eigenvalue weighted by Crippen LogP contribution is 2.32. The molecule has 220 valence electrons. The first-order valence-corrected chi connectivity index (χ1v) is 16.7. The summed E-state index contributed by atoms with van der Waals surface area (Å²) in [5, 5.41) is 2.75. The van der Waals surface area contributed by atoms with Gasteiger partial charge >= 0.3 is 16.3 Å². The summed E-state index contributed by atoms with van der Waals surface area (Å²) in [6.07, 6.45) is 20.1. The van der Waals surface area contributed by atoms with Crippen molar-refractivity contribution in [2.45, 2.75) is 149 Å². The fourth-order valence-electron chi connectivity index (χ4n) is 4.80. The molecule has 0 aliphatic rings. The maximum absolute atomic E-state index is 12.5. The number of hydrogen-bond acceptors (Lipinski definition) is 4. The van der Waals surface area contributed by atoms with E-state index < -0.39 is 16.3 Å². The lowest BCUT2D eigenvalue weighted by Crippen LogP contribution is -2.36. The minimum atomic E-state index is -4.15. The fraction of sp³-hybridized carbons (Fsp3) is 0.774. The molecule has 2 amide bonds. The zero-order chi connectivity index (χ0) is 28.2. The third-order valence-electron chi connectivity index (χ3n) is 7.07. The molecule has 0 radical (unpaired) electrons. The summed E-state index contributed by atoms with van der Waals surface area (Å²) in [6, 6.07) is 5.07. The molecule has 6 nitrogen and oxygen atoms in total. The molecular weight excluding hydrogens is 496 g/mol. The van der Waals surface area contributed by atoms with Gasteiger partial charge in [0.05, 0.1) is 6.61 Å². The molecule has 0 bridgehead atoms. The molecule has 0 unspecified atom stereocenters. The number of rotatable bonds is 22. The van der Waals surface area contributed by atoms with E-state index in [1.165, 1.54) is 83.5 Å². The van der Waals surface area contributed by atoms with Gasteiger partial charge in [-0.1, -0.05) is 149 Å². The second kappa shape index (κ2) is 20.3. The summed E-state index contributed by atoms with van der Waals surface area (Å²) >= 11 is 0. The van der Waals surface area contributed by atoms with E-state index in [0.29, 0.717) is 12.1 Å². The van der Waals surface area contributed by atoms with Gasteiger partial charge in [-0.2, -0.15) is 8.42 Å². The van der Waals surface area contributed by atoms with E-state index in [0.717, 1.165) is 24.0 Å². The lowest BCUT2D eigenvalue weighted by Gasteiger charge is -2.20. The van der Waals surface area contributed by atoms with Crippen molar-refractivity contribution in [2.75, 3.05) is 11.9 Å². The number of urea groups is 1. The normalized spacial score (nSPS) is 11.9. The number of hydrogen-bond donors (Lipinski definition) is 2. The van der Waals surface area contributed by atoms with E-state index in [9.17, 15) is 13.2 Å². The van der Waals surface area contributed by atoms with Crippen molar-refractivity contribution in [3.8, 4) is 0 Å². The molecule has 0 heterocycles. The Kier molecular flexibility index (Phi) is 18.4. The number of benzene rings is 1. The zero-order valence-electron chi connectivity index (χ0n) is 24.9. The van der Waals surface area contributed by atoms with E-state index >= 15 is 0 Å². The van der Waals surface area contributed by atoms with Crippen LogP contribution >= 0.6 is 0 Å². The maximum Gasteiger partial charge on any atom is 0.363 e. The molecule has 0 fully saturated rings. The smallest absolute Gasteiger partial charge is 0.307 e. The van der Waals surface area contributed by atoms with Crippen LogP contribution in [-0.4, -0.2) is 21.1 Å². The minimum Gasteiger partial charge on any atom is -0.307 e. The lowest BCUT2D eigenvalue weighted by atomic mass is 9.93.